The van der Waals surface area contributed by atoms with Crippen molar-refractivity contribution >= 4 is 55.9 Å². The molecule has 0 atom stereocenters. The van der Waals surface area contributed by atoms with E-state index in [1.54, 1.807) is 0 Å². The summed E-state index contributed by atoms with van der Waals surface area (Å²) in [6, 6.07) is 107. The van der Waals surface area contributed by atoms with Crippen molar-refractivity contribution in [2.24, 2.45) is 0 Å². The smallest absolute Gasteiger partial charge is 0.190 e. The van der Waals surface area contributed by atoms with Gasteiger partial charge in [0.2, 0.25) is 0 Å². The molecule has 0 fully saturated rings. The Labute approximate surface area is 418 Å². The van der Waals surface area contributed by atoms with Crippen LogP contribution in [0.3, 0.4) is 0 Å². The zero-order valence-corrected chi connectivity index (χ0v) is 40.7. The maximum Gasteiger partial charge on any atom is 0.190 e. The van der Waals surface area contributed by atoms with E-state index in [1.165, 1.54) is 73.7 Å². The van der Waals surface area contributed by atoms with Crippen LogP contribution in [0.25, 0.3) is 11.1 Å². The summed E-state index contributed by atoms with van der Waals surface area (Å²) >= 11 is 0. The molecular weight excluding hydrogens is 895 g/mol. The molecule has 0 saturated carbocycles. The Hall–Kier alpha value is -8.41. The first kappa shape index (κ1) is 41.5. The van der Waals surface area contributed by atoms with Gasteiger partial charge in [0.1, 0.15) is 11.5 Å². The minimum Gasteiger partial charge on any atom is -0.458 e. The Morgan fingerprint density at radius 3 is 1.45 bits per heavy atom. The molecule has 2 heterocycles. The van der Waals surface area contributed by atoms with Gasteiger partial charge in [0.15, 0.2) is 8.07 Å². The van der Waals surface area contributed by atoms with E-state index in [4.69, 9.17) is 4.74 Å². The van der Waals surface area contributed by atoms with Gasteiger partial charge in [-0.25, -0.2) is 0 Å². The lowest BCUT2D eigenvalue weighted by atomic mass is 9.68. The number of rotatable bonds is 7. The summed E-state index contributed by atoms with van der Waals surface area (Å²) < 4.78 is 6.92. The number of nitrogens with zero attached hydrogens (tertiary/aromatic N) is 1. The van der Waals surface area contributed by atoms with Gasteiger partial charge in [-0.05, 0) is 121 Å². The minimum absolute atomic E-state index is 0.548. The van der Waals surface area contributed by atoms with E-state index < -0.39 is 23.5 Å². The lowest BCUT2D eigenvalue weighted by molar-refractivity contribution is 0.487. The number of ether oxygens (including phenoxy) is 1. The van der Waals surface area contributed by atoms with Crippen LogP contribution >= 0.6 is 10.0 Å². The van der Waals surface area contributed by atoms with Gasteiger partial charge in [-0.2, -0.15) is 0 Å². The average Bonchev–Trinajstić information content (AvgIpc) is 3.76. The second kappa shape index (κ2) is 16.4. The monoisotopic (exact) mass is 941 g/mol. The first-order valence-electron chi connectivity index (χ1n) is 24.5. The number of para-hydroxylation sites is 3. The van der Waals surface area contributed by atoms with Gasteiger partial charge in [0.05, 0.1) is 11.1 Å². The highest BCUT2D eigenvalue weighted by molar-refractivity contribution is 8.34. The highest BCUT2D eigenvalue weighted by atomic mass is 32.3. The molecule has 14 rings (SSSR count). The Bertz CT molecular complexity index is 3680. The molecule has 0 aromatic heterocycles. The quantitative estimate of drug-likeness (QED) is 0.148. The molecule has 0 saturated heterocycles. The molecule has 0 N–H and O–H groups in total. The predicted octanol–water partition coefficient (Wildman–Crippen LogP) is 14.7. The van der Waals surface area contributed by atoms with Crippen molar-refractivity contribution in [3.63, 3.8) is 0 Å². The van der Waals surface area contributed by atoms with Crippen LogP contribution in [-0.2, 0) is 5.41 Å². The molecule has 3 aliphatic rings. The molecule has 0 unspecified atom stereocenters. The van der Waals surface area contributed by atoms with Gasteiger partial charge in [0, 0.05) is 36.5 Å². The molecule has 0 bridgehead atoms. The second-order valence-electron chi connectivity index (χ2n) is 18.7. The lowest BCUT2D eigenvalue weighted by Crippen LogP contribution is -2.78. The minimum atomic E-state index is -3.10. The molecule has 1 spiro atoms. The fraction of sp³-hybridized carbons (Fsp3) is 0.0149. The number of anilines is 3. The molecule has 71 heavy (non-hydrogen) atoms. The second-order valence-corrected chi connectivity index (χ2v) is 25.4. The normalized spacial score (nSPS) is 15.1. The summed E-state index contributed by atoms with van der Waals surface area (Å²) in [6.07, 6.45) is 0. The van der Waals surface area contributed by atoms with E-state index in [9.17, 15) is 0 Å². The van der Waals surface area contributed by atoms with Gasteiger partial charge in [-0.1, -0.05) is 212 Å². The number of fused-ring (bicyclic) bond motifs is 11. The Morgan fingerprint density at radius 1 is 0.352 bits per heavy atom. The largest absolute Gasteiger partial charge is 0.458 e. The molecule has 336 valence electrons. The van der Waals surface area contributed by atoms with Gasteiger partial charge >= 0.3 is 0 Å². The summed E-state index contributed by atoms with van der Waals surface area (Å²) in [4.78, 5) is 7.91. The fourth-order valence-electron chi connectivity index (χ4n) is 12.7. The maximum atomic E-state index is 6.92. The van der Waals surface area contributed by atoms with Crippen LogP contribution < -0.4 is 30.4 Å². The zero-order chi connectivity index (χ0) is 47.0. The summed E-state index contributed by atoms with van der Waals surface area (Å²) in [5.41, 5.74) is 10.3. The number of hydrogen-bond acceptors (Lipinski definition) is 2. The van der Waals surface area contributed by atoms with Crippen molar-refractivity contribution < 1.29 is 4.74 Å². The van der Waals surface area contributed by atoms with Gasteiger partial charge in [-0.3, -0.25) is 0 Å². The van der Waals surface area contributed by atoms with Gasteiger partial charge in [0.25, 0.3) is 0 Å². The van der Waals surface area contributed by atoms with Gasteiger partial charge < -0.3 is 9.64 Å². The third kappa shape index (κ3) is 5.78. The Balaban J connectivity index is 1.13. The molecule has 11 aromatic carbocycles. The molecule has 0 radical (unpaired) electrons. The molecular formula is C67H47NOSSi. The standard InChI is InChI=1S/C67H47NOSSi/c1-6-25-48(26-7-1)67(49-27-8-2-9-28-49)55-36-17-16-35-54(55)66-56(67)37-24-38-57(66)68(50-29-10-3-11-30-50)51-45-46-65-61(47-51)70(52-31-12-4-13-32-52,53-33-14-5-15-34-53)60-41-20-23-44-64(60)71(65)62-42-21-18-39-58(62)69-59-40-19-22-43-63(59)71/h1-47H. The van der Waals surface area contributed by atoms with Crippen LogP contribution in [-0.4, -0.2) is 8.07 Å². The average molecular weight is 942 g/mol. The number of benzene rings is 11. The van der Waals surface area contributed by atoms with Crippen LogP contribution in [0.15, 0.2) is 305 Å². The van der Waals surface area contributed by atoms with Crippen LogP contribution in [0.4, 0.5) is 17.1 Å². The zero-order valence-electron chi connectivity index (χ0n) is 38.9. The van der Waals surface area contributed by atoms with Crippen LogP contribution in [0.5, 0.6) is 11.5 Å². The van der Waals surface area contributed by atoms with Crippen molar-refractivity contribution in [2.45, 2.75) is 25.0 Å². The summed E-state index contributed by atoms with van der Waals surface area (Å²) in [5.74, 6) is 1.88. The SMILES string of the molecule is c1ccc(N(c2ccc3c(c2)S(c2ccccc2)(c2ccccc2)c2ccccc2[Si]32c3ccccc3Oc3ccccc32)c2cccc3c2-c2ccccc2C3(c2ccccc2)c2ccccc2)cc1. The molecule has 4 heteroatoms. The van der Waals surface area contributed by atoms with E-state index in [0.29, 0.717) is 0 Å². The summed E-state index contributed by atoms with van der Waals surface area (Å²) in [7, 11) is -5.26. The molecule has 2 aliphatic heterocycles. The highest BCUT2D eigenvalue weighted by Gasteiger charge is 2.57. The van der Waals surface area contributed by atoms with Crippen LogP contribution in [0.1, 0.15) is 22.3 Å². The first-order valence-corrected chi connectivity index (χ1v) is 28.1. The number of hydrogen-bond donors (Lipinski definition) is 0. The van der Waals surface area contributed by atoms with E-state index >= 15 is 0 Å². The van der Waals surface area contributed by atoms with Crippen molar-refractivity contribution in [1.29, 1.82) is 0 Å². The molecule has 2 nitrogen and oxygen atoms in total. The van der Waals surface area contributed by atoms with Crippen molar-refractivity contribution in [1.82, 2.24) is 0 Å². The topological polar surface area (TPSA) is 12.5 Å². The van der Waals surface area contributed by atoms with Crippen molar-refractivity contribution in [2.75, 3.05) is 4.90 Å². The van der Waals surface area contributed by atoms with Gasteiger partial charge in [-0.15, -0.1) is 10.0 Å². The maximum absolute atomic E-state index is 6.92. The van der Waals surface area contributed by atoms with Crippen molar-refractivity contribution in [3.05, 3.63) is 307 Å². The molecule has 11 aromatic rings. The first-order chi connectivity index (χ1) is 35.2. The fourth-order valence-corrected chi connectivity index (χ4v) is 23.5. The van der Waals surface area contributed by atoms with Crippen LogP contribution in [0, 0.1) is 0 Å². The Kier molecular flexibility index (Phi) is 9.57. The predicted molar refractivity (Wildman–Crippen MR) is 296 cm³/mol. The molecule has 1 aliphatic carbocycles. The Morgan fingerprint density at radius 2 is 0.831 bits per heavy atom. The van der Waals surface area contributed by atoms with Crippen LogP contribution in [0.2, 0.25) is 0 Å². The lowest BCUT2D eigenvalue weighted by Gasteiger charge is -2.53. The summed E-state index contributed by atoms with van der Waals surface area (Å²) in [6.45, 7) is 0. The van der Waals surface area contributed by atoms with E-state index in [-0.39, 0.29) is 0 Å². The van der Waals surface area contributed by atoms with E-state index in [1.807, 2.05) is 0 Å². The van der Waals surface area contributed by atoms with E-state index in [2.05, 4.69) is 290 Å². The highest BCUT2D eigenvalue weighted by Crippen LogP contribution is 2.74. The third-order valence-corrected chi connectivity index (χ3v) is 24.6. The third-order valence-electron chi connectivity index (χ3n) is 15.3. The molecule has 0 amide bonds. The van der Waals surface area contributed by atoms with Crippen molar-refractivity contribution in [3.8, 4) is 22.6 Å². The van der Waals surface area contributed by atoms with E-state index in [0.717, 1.165) is 28.6 Å². The summed E-state index contributed by atoms with van der Waals surface area (Å²) in [5, 5.41) is 5.38.